The van der Waals surface area contributed by atoms with Crippen LogP contribution in [-0.2, 0) is 9.53 Å². The molecular formula is C13H19NO3. The number of ether oxygens (including phenoxy) is 1. The Morgan fingerprint density at radius 2 is 2.06 bits per heavy atom. The fraction of sp³-hybridized carbons (Fsp3) is 0.462. The third-order valence-corrected chi connectivity index (χ3v) is 2.66. The molecule has 2 N–H and O–H groups in total. The Hall–Kier alpha value is -1.39. The van der Waals surface area contributed by atoms with Crippen LogP contribution in [0.3, 0.4) is 0 Å². The van der Waals surface area contributed by atoms with Crippen LogP contribution in [0.25, 0.3) is 0 Å². The summed E-state index contributed by atoms with van der Waals surface area (Å²) in [6.45, 7) is 1.72. The first-order valence-corrected chi connectivity index (χ1v) is 5.68. The number of benzene rings is 1. The zero-order valence-electron chi connectivity index (χ0n) is 10.2. The summed E-state index contributed by atoms with van der Waals surface area (Å²) in [4.78, 5) is 11.7. The Kier molecular flexibility index (Phi) is 5.66. The molecule has 0 bridgehead atoms. The van der Waals surface area contributed by atoms with Crippen molar-refractivity contribution in [2.75, 3.05) is 13.7 Å². The van der Waals surface area contributed by atoms with Gasteiger partial charge in [0.25, 0.3) is 0 Å². The summed E-state index contributed by atoms with van der Waals surface area (Å²) in [5.41, 5.74) is 0.984. The van der Waals surface area contributed by atoms with Crippen LogP contribution in [-0.4, -0.2) is 30.8 Å². The average molecular weight is 237 g/mol. The van der Waals surface area contributed by atoms with E-state index in [1.54, 1.807) is 6.92 Å². The molecule has 1 rings (SSSR count). The summed E-state index contributed by atoms with van der Waals surface area (Å²) in [7, 11) is 1.49. The molecule has 4 heteroatoms. The van der Waals surface area contributed by atoms with Gasteiger partial charge in [-0.3, -0.25) is 4.79 Å². The van der Waals surface area contributed by atoms with Gasteiger partial charge < -0.3 is 15.2 Å². The second-order valence-electron chi connectivity index (χ2n) is 3.86. The number of hydrogen-bond acceptors (Lipinski definition) is 3. The first-order chi connectivity index (χ1) is 8.19. The van der Waals surface area contributed by atoms with Crippen molar-refractivity contribution in [2.24, 2.45) is 0 Å². The minimum atomic E-state index is -0.486. The molecule has 94 valence electrons. The van der Waals surface area contributed by atoms with E-state index in [1.165, 1.54) is 7.11 Å². The van der Waals surface area contributed by atoms with E-state index in [4.69, 9.17) is 9.84 Å². The van der Waals surface area contributed by atoms with Crippen molar-refractivity contribution in [3.63, 3.8) is 0 Å². The van der Waals surface area contributed by atoms with Crippen LogP contribution in [0.5, 0.6) is 0 Å². The number of rotatable bonds is 6. The van der Waals surface area contributed by atoms with E-state index >= 15 is 0 Å². The standard InChI is InChI=1S/C13H19NO3/c1-10(17-2)13(16)14-12(8-9-15)11-6-4-3-5-7-11/h3-7,10,12,15H,8-9H2,1-2H3,(H,14,16). The second-order valence-corrected chi connectivity index (χ2v) is 3.86. The van der Waals surface area contributed by atoms with Gasteiger partial charge in [0, 0.05) is 13.7 Å². The quantitative estimate of drug-likeness (QED) is 0.783. The van der Waals surface area contributed by atoms with Gasteiger partial charge in [0.15, 0.2) is 0 Å². The normalized spacial score (nSPS) is 14.1. The van der Waals surface area contributed by atoms with Crippen LogP contribution in [0.1, 0.15) is 24.9 Å². The van der Waals surface area contributed by atoms with Gasteiger partial charge in [-0.05, 0) is 18.9 Å². The second kappa shape index (κ2) is 7.04. The highest BCUT2D eigenvalue weighted by molar-refractivity contribution is 5.80. The van der Waals surface area contributed by atoms with Gasteiger partial charge in [-0.25, -0.2) is 0 Å². The van der Waals surface area contributed by atoms with Crippen LogP contribution in [0.4, 0.5) is 0 Å². The SMILES string of the molecule is COC(C)C(=O)NC(CCO)c1ccccc1. The van der Waals surface area contributed by atoms with Crippen LogP contribution in [0, 0.1) is 0 Å². The van der Waals surface area contributed by atoms with E-state index in [2.05, 4.69) is 5.32 Å². The van der Waals surface area contributed by atoms with Crippen LogP contribution in [0.2, 0.25) is 0 Å². The average Bonchev–Trinajstić information content (AvgIpc) is 2.38. The monoisotopic (exact) mass is 237 g/mol. The minimum absolute atomic E-state index is 0.0290. The third-order valence-electron chi connectivity index (χ3n) is 2.66. The van der Waals surface area contributed by atoms with Gasteiger partial charge in [0.2, 0.25) is 5.91 Å². The van der Waals surface area contributed by atoms with E-state index in [-0.39, 0.29) is 18.6 Å². The summed E-state index contributed by atoms with van der Waals surface area (Å²) in [6, 6.07) is 9.42. The highest BCUT2D eigenvalue weighted by Gasteiger charge is 2.17. The van der Waals surface area contributed by atoms with Crippen LogP contribution < -0.4 is 5.32 Å². The number of methoxy groups -OCH3 is 1. The van der Waals surface area contributed by atoms with Crippen molar-refractivity contribution in [1.82, 2.24) is 5.32 Å². The molecule has 0 saturated carbocycles. The number of hydrogen-bond donors (Lipinski definition) is 2. The van der Waals surface area contributed by atoms with Gasteiger partial charge in [-0.1, -0.05) is 30.3 Å². The first-order valence-electron chi connectivity index (χ1n) is 5.68. The molecule has 1 aromatic carbocycles. The molecule has 0 heterocycles. The summed E-state index contributed by atoms with van der Waals surface area (Å²) < 4.78 is 4.95. The molecule has 2 atom stereocenters. The number of aliphatic hydroxyl groups excluding tert-OH is 1. The third kappa shape index (κ3) is 4.17. The van der Waals surface area contributed by atoms with Gasteiger partial charge in [0.1, 0.15) is 6.10 Å². The predicted molar refractivity (Wildman–Crippen MR) is 65.5 cm³/mol. The zero-order chi connectivity index (χ0) is 12.7. The lowest BCUT2D eigenvalue weighted by Crippen LogP contribution is -2.37. The first kappa shape index (κ1) is 13.7. The molecule has 4 nitrogen and oxygen atoms in total. The van der Waals surface area contributed by atoms with Crippen LogP contribution >= 0.6 is 0 Å². The molecule has 0 aromatic heterocycles. The molecule has 0 aliphatic rings. The smallest absolute Gasteiger partial charge is 0.249 e. The number of carbonyl (C=O) groups is 1. The van der Waals surface area contributed by atoms with Crippen molar-refractivity contribution in [2.45, 2.75) is 25.5 Å². The van der Waals surface area contributed by atoms with Crippen molar-refractivity contribution >= 4 is 5.91 Å². The molecule has 1 aromatic rings. The van der Waals surface area contributed by atoms with Gasteiger partial charge >= 0.3 is 0 Å². The topological polar surface area (TPSA) is 58.6 Å². The highest BCUT2D eigenvalue weighted by Crippen LogP contribution is 2.16. The van der Waals surface area contributed by atoms with Crippen LogP contribution in [0.15, 0.2) is 30.3 Å². The Labute approximate surface area is 102 Å². The maximum atomic E-state index is 11.7. The summed E-state index contributed by atoms with van der Waals surface area (Å²) in [6.07, 6.45) is 0.00605. The maximum Gasteiger partial charge on any atom is 0.249 e. The summed E-state index contributed by atoms with van der Waals surface area (Å²) >= 11 is 0. The van der Waals surface area contributed by atoms with E-state index in [1.807, 2.05) is 30.3 Å². The minimum Gasteiger partial charge on any atom is -0.396 e. The molecule has 0 saturated heterocycles. The maximum absolute atomic E-state index is 11.7. The molecule has 0 fully saturated rings. The lowest BCUT2D eigenvalue weighted by Gasteiger charge is -2.20. The van der Waals surface area contributed by atoms with E-state index in [9.17, 15) is 4.79 Å². The van der Waals surface area contributed by atoms with E-state index < -0.39 is 6.10 Å². The predicted octanol–water partition coefficient (Wildman–Crippen LogP) is 1.26. The molecule has 0 spiro atoms. The number of carbonyl (C=O) groups excluding carboxylic acids is 1. The van der Waals surface area contributed by atoms with Crippen molar-refractivity contribution in [3.05, 3.63) is 35.9 Å². The molecule has 0 aliphatic carbocycles. The van der Waals surface area contributed by atoms with E-state index in [0.717, 1.165) is 5.56 Å². The molecule has 2 unspecified atom stereocenters. The van der Waals surface area contributed by atoms with Gasteiger partial charge in [-0.2, -0.15) is 0 Å². The summed E-state index contributed by atoms with van der Waals surface area (Å²) in [5.74, 6) is -0.171. The van der Waals surface area contributed by atoms with Crippen molar-refractivity contribution < 1.29 is 14.6 Å². The largest absolute Gasteiger partial charge is 0.396 e. The fourth-order valence-electron chi connectivity index (χ4n) is 1.53. The molecule has 17 heavy (non-hydrogen) atoms. The Morgan fingerprint density at radius 1 is 1.41 bits per heavy atom. The summed E-state index contributed by atoms with van der Waals surface area (Å²) in [5, 5.41) is 11.9. The Morgan fingerprint density at radius 3 is 2.59 bits per heavy atom. The fourth-order valence-corrected chi connectivity index (χ4v) is 1.53. The van der Waals surface area contributed by atoms with Gasteiger partial charge in [0.05, 0.1) is 6.04 Å². The Bertz CT molecular complexity index is 340. The number of nitrogens with one attached hydrogen (secondary N) is 1. The molecule has 0 aliphatic heterocycles. The number of aliphatic hydroxyl groups is 1. The van der Waals surface area contributed by atoms with E-state index in [0.29, 0.717) is 6.42 Å². The Balaban J connectivity index is 2.70. The lowest BCUT2D eigenvalue weighted by molar-refractivity contribution is -0.130. The lowest BCUT2D eigenvalue weighted by atomic mass is 10.0. The number of amides is 1. The zero-order valence-corrected chi connectivity index (χ0v) is 10.2. The molecule has 1 amide bonds. The highest BCUT2D eigenvalue weighted by atomic mass is 16.5. The molecule has 0 radical (unpaired) electrons. The molecular weight excluding hydrogens is 218 g/mol. The van der Waals surface area contributed by atoms with Crippen molar-refractivity contribution in [3.8, 4) is 0 Å². The van der Waals surface area contributed by atoms with Gasteiger partial charge in [-0.15, -0.1) is 0 Å². The van der Waals surface area contributed by atoms with Crippen molar-refractivity contribution in [1.29, 1.82) is 0 Å².